The van der Waals surface area contributed by atoms with Crippen LogP contribution in [0.2, 0.25) is 0 Å². The minimum atomic E-state index is -0.566. The Balaban J connectivity index is 1.39. The van der Waals surface area contributed by atoms with Gasteiger partial charge in [-0.25, -0.2) is 0 Å². The molecule has 0 aliphatic heterocycles. The van der Waals surface area contributed by atoms with Crippen molar-refractivity contribution < 1.29 is 9.59 Å². The topological polar surface area (TPSA) is 94.2 Å². The fraction of sp³-hybridized carbons (Fsp3) is 0.560. The second-order valence-corrected chi connectivity index (χ2v) is 11.3. The molecule has 2 amide bonds. The smallest absolute Gasteiger partial charge is 0.258 e. The zero-order chi connectivity index (χ0) is 22.0. The first kappa shape index (κ1) is 20.3. The molecule has 4 fully saturated rings. The first-order chi connectivity index (χ1) is 14.6. The third-order valence-corrected chi connectivity index (χ3v) is 7.90. The Labute approximate surface area is 182 Å². The summed E-state index contributed by atoms with van der Waals surface area (Å²) in [6.45, 7) is 4.68. The lowest BCUT2D eigenvalue weighted by atomic mass is 9.40. The standard InChI is InChI=1S/C25H31N3O3/c1-23-8-16-9-24(2,13-23)15-25(10-16,14-23)11-21(30)27-19-5-3-4-18-17(19)6-7-28(22(18)31)12-20(26)29/h3-7,16H,8-15H2,1-2H3,(H2,26,29)(H,27,30). The van der Waals surface area contributed by atoms with Gasteiger partial charge in [0.25, 0.3) is 5.56 Å². The van der Waals surface area contributed by atoms with Gasteiger partial charge in [-0.15, -0.1) is 0 Å². The maximum absolute atomic E-state index is 13.2. The van der Waals surface area contributed by atoms with Crippen LogP contribution >= 0.6 is 0 Å². The predicted octanol–water partition coefficient (Wildman–Crippen LogP) is 3.81. The number of primary amides is 1. The van der Waals surface area contributed by atoms with Gasteiger partial charge in [0.05, 0.1) is 0 Å². The highest BCUT2D eigenvalue weighted by Crippen LogP contribution is 2.70. The Morgan fingerprint density at radius 1 is 1.06 bits per heavy atom. The molecule has 4 saturated carbocycles. The van der Waals surface area contributed by atoms with Gasteiger partial charge in [-0.2, -0.15) is 0 Å². The zero-order valence-corrected chi connectivity index (χ0v) is 18.4. The highest BCUT2D eigenvalue weighted by atomic mass is 16.2. The fourth-order valence-electron chi connectivity index (χ4n) is 8.14. The molecule has 6 rings (SSSR count). The number of nitrogens with two attached hydrogens (primary N) is 1. The van der Waals surface area contributed by atoms with Crippen LogP contribution in [0.1, 0.15) is 58.8 Å². The van der Waals surface area contributed by atoms with Crippen LogP contribution in [0, 0.1) is 22.2 Å². The lowest BCUT2D eigenvalue weighted by Gasteiger charge is -2.65. The van der Waals surface area contributed by atoms with Gasteiger partial charge in [-0.05, 0) is 78.9 Å². The molecular formula is C25H31N3O3. The number of carbonyl (C=O) groups is 2. The van der Waals surface area contributed by atoms with Crippen LogP contribution in [0.3, 0.4) is 0 Å². The number of hydrogen-bond acceptors (Lipinski definition) is 3. The van der Waals surface area contributed by atoms with E-state index in [1.807, 2.05) is 6.07 Å². The summed E-state index contributed by atoms with van der Waals surface area (Å²) in [6, 6.07) is 7.08. The van der Waals surface area contributed by atoms with Crippen molar-refractivity contribution in [3.05, 3.63) is 40.8 Å². The molecule has 0 radical (unpaired) electrons. The molecular weight excluding hydrogens is 390 g/mol. The lowest BCUT2D eigenvalue weighted by Crippen LogP contribution is -2.55. The molecule has 4 aliphatic rings. The molecule has 2 unspecified atom stereocenters. The number of rotatable bonds is 5. The van der Waals surface area contributed by atoms with Crippen LogP contribution in [0.15, 0.2) is 35.3 Å². The van der Waals surface area contributed by atoms with Gasteiger partial charge < -0.3 is 15.6 Å². The average Bonchev–Trinajstić information content (AvgIpc) is 2.60. The van der Waals surface area contributed by atoms with Gasteiger partial charge in [-0.1, -0.05) is 19.9 Å². The van der Waals surface area contributed by atoms with Crippen molar-refractivity contribution in [2.45, 2.75) is 65.3 Å². The Morgan fingerprint density at radius 3 is 2.42 bits per heavy atom. The molecule has 4 bridgehead atoms. The maximum Gasteiger partial charge on any atom is 0.258 e. The van der Waals surface area contributed by atoms with Gasteiger partial charge in [0.2, 0.25) is 11.8 Å². The number of aromatic nitrogens is 1. The Hall–Kier alpha value is -2.63. The lowest BCUT2D eigenvalue weighted by molar-refractivity contribution is -0.153. The van der Waals surface area contributed by atoms with E-state index in [2.05, 4.69) is 19.2 Å². The van der Waals surface area contributed by atoms with Crippen molar-refractivity contribution in [2.75, 3.05) is 5.32 Å². The summed E-state index contributed by atoms with van der Waals surface area (Å²) < 4.78 is 1.30. The highest BCUT2D eigenvalue weighted by Gasteiger charge is 2.60. The number of pyridine rings is 1. The van der Waals surface area contributed by atoms with Gasteiger partial charge in [0, 0.05) is 29.1 Å². The summed E-state index contributed by atoms with van der Waals surface area (Å²) in [7, 11) is 0. The van der Waals surface area contributed by atoms with E-state index < -0.39 is 5.91 Å². The number of amides is 2. The molecule has 0 saturated heterocycles. The normalized spacial score (nSPS) is 33.5. The van der Waals surface area contributed by atoms with Crippen molar-refractivity contribution in [3.63, 3.8) is 0 Å². The van der Waals surface area contributed by atoms with Crippen LogP contribution < -0.4 is 16.6 Å². The zero-order valence-electron chi connectivity index (χ0n) is 18.4. The first-order valence-corrected chi connectivity index (χ1v) is 11.3. The number of hydrogen-bond donors (Lipinski definition) is 2. The van der Waals surface area contributed by atoms with Crippen LogP contribution in [0.5, 0.6) is 0 Å². The van der Waals surface area contributed by atoms with Crippen molar-refractivity contribution in [1.82, 2.24) is 4.57 Å². The Morgan fingerprint density at radius 2 is 1.77 bits per heavy atom. The predicted molar refractivity (Wildman–Crippen MR) is 120 cm³/mol. The van der Waals surface area contributed by atoms with Gasteiger partial charge in [0.1, 0.15) is 6.54 Å². The second kappa shape index (κ2) is 6.68. The van der Waals surface area contributed by atoms with E-state index in [-0.39, 0.29) is 23.4 Å². The highest BCUT2D eigenvalue weighted by molar-refractivity contribution is 6.02. The van der Waals surface area contributed by atoms with Crippen molar-refractivity contribution in [3.8, 4) is 0 Å². The summed E-state index contributed by atoms with van der Waals surface area (Å²) >= 11 is 0. The molecule has 164 valence electrons. The number of fused-ring (bicyclic) bond motifs is 1. The van der Waals surface area contributed by atoms with Gasteiger partial charge in [-0.3, -0.25) is 14.4 Å². The van der Waals surface area contributed by atoms with Crippen LogP contribution in [0.4, 0.5) is 5.69 Å². The van der Waals surface area contributed by atoms with E-state index in [9.17, 15) is 14.4 Å². The quantitative estimate of drug-likeness (QED) is 0.769. The van der Waals surface area contributed by atoms with E-state index in [1.54, 1.807) is 24.4 Å². The van der Waals surface area contributed by atoms with Gasteiger partial charge >= 0.3 is 0 Å². The third kappa shape index (κ3) is 3.56. The summed E-state index contributed by atoms with van der Waals surface area (Å²) in [5.41, 5.74) is 6.45. The molecule has 1 aromatic heterocycles. The van der Waals surface area contributed by atoms with E-state index >= 15 is 0 Å². The molecule has 2 aromatic rings. The molecule has 2 atom stereocenters. The number of anilines is 1. The minimum absolute atomic E-state index is 0.0305. The molecule has 1 aromatic carbocycles. The van der Waals surface area contributed by atoms with Crippen LogP contribution in [-0.2, 0) is 16.1 Å². The number of nitrogens with zero attached hydrogens (tertiary/aromatic N) is 1. The van der Waals surface area contributed by atoms with E-state index in [4.69, 9.17) is 5.73 Å². The van der Waals surface area contributed by atoms with Crippen LogP contribution in [-0.4, -0.2) is 16.4 Å². The summed E-state index contributed by atoms with van der Waals surface area (Å²) in [5.74, 6) is 0.215. The fourth-order valence-corrected chi connectivity index (χ4v) is 8.14. The SMILES string of the molecule is CC12CC3CC(C)(C1)CC(CC(=O)Nc1cccc4c(=O)n(CC(N)=O)ccc14)(C3)C2. The third-order valence-electron chi connectivity index (χ3n) is 7.90. The number of carbonyl (C=O) groups excluding carboxylic acids is 2. The largest absolute Gasteiger partial charge is 0.368 e. The Bertz CT molecular complexity index is 1130. The monoisotopic (exact) mass is 421 g/mol. The molecule has 0 spiro atoms. The molecule has 31 heavy (non-hydrogen) atoms. The van der Waals surface area contributed by atoms with Crippen molar-refractivity contribution in [2.24, 2.45) is 27.9 Å². The van der Waals surface area contributed by atoms with Crippen LogP contribution in [0.25, 0.3) is 10.8 Å². The van der Waals surface area contributed by atoms with E-state index in [1.165, 1.54) is 30.3 Å². The summed E-state index contributed by atoms with van der Waals surface area (Å²) in [4.78, 5) is 37.1. The maximum atomic E-state index is 13.2. The summed E-state index contributed by atoms with van der Waals surface area (Å²) in [6.07, 6.45) is 9.48. The van der Waals surface area contributed by atoms with E-state index in [0.717, 1.165) is 18.8 Å². The number of benzene rings is 1. The first-order valence-electron chi connectivity index (χ1n) is 11.3. The number of nitrogens with one attached hydrogen (secondary N) is 1. The molecule has 6 heteroatoms. The molecule has 6 nitrogen and oxygen atoms in total. The van der Waals surface area contributed by atoms with Crippen molar-refractivity contribution >= 4 is 28.3 Å². The average molecular weight is 422 g/mol. The van der Waals surface area contributed by atoms with Gasteiger partial charge in [0.15, 0.2) is 0 Å². The summed E-state index contributed by atoms with van der Waals surface area (Å²) in [5, 5.41) is 4.25. The van der Waals surface area contributed by atoms with E-state index in [0.29, 0.717) is 33.7 Å². The molecule has 1 heterocycles. The Kier molecular flexibility index (Phi) is 4.37. The minimum Gasteiger partial charge on any atom is -0.368 e. The second-order valence-electron chi connectivity index (χ2n) is 11.3. The molecule has 3 N–H and O–H groups in total. The molecule has 4 aliphatic carbocycles. The van der Waals surface area contributed by atoms with Crippen molar-refractivity contribution in [1.29, 1.82) is 0 Å².